The fourth-order valence-electron chi connectivity index (χ4n) is 1.56. The fourth-order valence-corrected chi connectivity index (χ4v) is 1.56. The van der Waals surface area contributed by atoms with Crippen LogP contribution < -0.4 is 0 Å². The third kappa shape index (κ3) is 2.78. The molecule has 1 aliphatic rings. The molecule has 2 heteroatoms. The molecule has 0 atom stereocenters. The first kappa shape index (κ1) is 9.46. The third-order valence-corrected chi connectivity index (χ3v) is 1.98. The van der Waals surface area contributed by atoms with Crippen LogP contribution in [0.3, 0.4) is 0 Å². The molecule has 0 amide bonds. The lowest BCUT2D eigenvalue weighted by Crippen LogP contribution is -2.30. The first-order chi connectivity index (χ1) is 5.49. The van der Waals surface area contributed by atoms with Gasteiger partial charge in [-0.1, -0.05) is 5.57 Å². The van der Waals surface area contributed by atoms with E-state index < -0.39 is 0 Å². The van der Waals surface area contributed by atoms with E-state index in [9.17, 15) is 4.79 Å². The van der Waals surface area contributed by atoms with Crippen LogP contribution >= 0.6 is 0 Å². The van der Waals surface area contributed by atoms with Gasteiger partial charge in [0.25, 0.3) is 0 Å². The highest BCUT2D eigenvalue weighted by Crippen LogP contribution is 2.27. The molecule has 12 heavy (non-hydrogen) atoms. The van der Waals surface area contributed by atoms with Gasteiger partial charge in [-0.25, -0.2) is 0 Å². The number of carbonyl (C=O) groups is 1. The molecule has 68 valence electrons. The van der Waals surface area contributed by atoms with Crippen molar-refractivity contribution >= 4 is 5.78 Å². The van der Waals surface area contributed by atoms with Crippen molar-refractivity contribution in [1.29, 1.82) is 0 Å². The van der Waals surface area contributed by atoms with Crippen LogP contribution in [0.1, 0.15) is 33.6 Å². The van der Waals surface area contributed by atoms with Crippen LogP contribution in [0, 0.1) is 0 Å². The smallest absolute Gasteiger partial charge is 0.152 e. The Morgan fingerprint density at radius 2 is 2.25 bits per heavy atom. The first-order valence-electron chi connectivity index (χ1n) is 4.33. The lowest BCUT2D eigenvalue weighted by molar-refractivity contribution is -0.112. The minimum Gasteiger partial charge on any atom is -0.375 e. The predicted octanol–water partition coefficient (Wildman–Crippen LogP) is 2.09. The van der Waals surface area contributed by atoms with Gasteiger partial charge in [0.05, 0.1) is 12.2 Å². The second kappa shape index (κ2) is 3.40. The molecule has 1 heterocycles. The zero-order valence-corrected chi connectivity index (χ0v) is 8.02. The number of hydrogen-bond acceptors (Lipinski definition) is 2. The molecule has 0 N–H and O–H groups in total. The molecule has 0 aromatic carbocycles. The molecule has 1 saturated heterocycles. The predicted molar refractivity (Wildman–Crippen MR) is 48.0 cm³/mol. The van der Waals surface area contributed by atoms with Gasteiger partial charge >= 0.3 is 0 Å². The zero-order chi connectivity index (χ0) is 9.19. The molecule has 0 unspecified atom stereocenters. The maximum atomic E-state index is 10.8. The summed E-state index contributed by atoms with van der Waals surface area (Å²) >= 11 is 0. The van der Waals surface area contributed by atoms with Crippen LogP contribution in [0.5, 0.6) is 0 Å². The van der Waals surface area contributed by atoms with Gasteiger partial charge in [-0.2, -0.15) is 0 Å². The summed E-state index contributed by atoms with van der Waals surface area (Å²) in [6, 6.07) is 0. The Labute approximate surface area is 73.6 Å². The largest absolute Gasteiger partial charge is 0.375 e. The second-order valence-corrected chi connectivity index (χ2v) is 3.95. The molecule has 0 bridgehead atoms. The molecule has 0 aromatic rings. The van der Waals surface area contributed by atoms with Crippen LogP contribution in [-0.2, 0) is 9.53 Å². The highest BCUT2D eigenvalue weighted by atomic mass is 16.5. The monoisotopic (exact) mass is 168 g/mol. The Balaban J connectivity index is 2.64. The number of ketones is 1. The molecule has 1 fully saturated rings. The summed E-state index contributed by atoms with van der Waals surface area (Å²) in [7, 11) is 0. The second-order valence-electron chi connectivity index (χ2n) is 3.95. The lowest BCUT2D eigenvalue weighted by Gasteiger charge is -2.31. The quantitative estimate of drug-likeness (QED) is 0.560. The Morgan fingerprint density at radius 3 is 2.75 bits per heavy atom. The summed E-state index contributed by atoms with van der Waals surface area (Å²) in [6.45, 7) is 6.45. The minimum absolute atomic E-state index is 0.0838. The first-order valence-corrected chi connectivity index (χ1v) is 4.33. The standard InChI is InChI=1S/C10H16O2/c1-8(11)6-9-4-5-12-10(2,3)7-9/h6H,4-5,7H2,1-3H3/b9-6-. The normalized spacial score (nSPS) is 25.8. The number of ether oxygens (including phenoxy) is 1. The van der Waals surface area contributed by atoms with Crippen molar-refractivity contribution in [2.75, 3.05) is 6.61 Å². The van der Waals surface area contributed by atoms with Gasteiger partial charge in [-0.05, 0) is 39.7 Å². The van der Waals surface area contributed by atoms with E-state index in [0.717, 1.165) is 19.4 Å². The molecule has 0 spiro atoms. The van der Waals surface area contributed by atoms with Crippen molar-refractivity contribution in [2.45, 2.75) is 39.2 Å². The highest BCUT2D eigenvalue weighted by molar-refractivity contribution is 5.87. The van der Waals surface area contributed by atoms with Crippen molar-refractivity contribution in [3.63, 3.8) is 0 Å². The molecule has 1 rings (SSSR count). The van der Waals surface area contributed by atoms with Crippen LogP contribution in [0.2, 0.25) is 0 Å². The molecular weight excluding hydrogens is 152 g/mol. The van der Waals surface area contributed by atoms with Gasteiger partial charge in [0.1, 0.15) is 0 Å². The van der Waals surface area contributed by atoms with E-state index in [2.05, 4.69) is 13.8 Å². The summed E-state index contributed by atoms with van der Waals surface area (Å²) in [6.07, 6.45) is 3.53. The molecule has 0 aromatic heterocycles. The van der Waals surface area contributed by atoms with Crippen LogP contribution in [0.15, 0.2) is 11.6 Å². The van der Waals surface area contributed by atoms with Crippen molar-refractivity contribution < 1.29 is 9.53 Å². The number of rotatable bonds is 1. The SMILES string of the molecule is CC(=O)/C=C1/CCOC(C)(C)C1. The molecule has 1 aliphatic heterocycles. The van der Waals surface area contributed by atoms with Gasteiger partial charge in [0.15, 0.2) is 5.78 Å². The van der Waals surface area contributed by atoms with Crippen molar-refractivity contribution in [2.24, 2.45) is 0 Å². The van der Waals surface area contributed by atoms with Gasteiger partial charge in [-0.15, -0.1) is 0 Å². The van der Waals surface area contributed by atoms with Gasteiger partial charge in [0.2, 0.25) is 0 Å². The minimum atomic E-state index is -0.0838. The van der Waals surface area contributed by atoms with E-state index in [-0.39, 0.29) is 11.4 Å². The third-order valence-electron chi connectivity index (χ3n) is 1.98. The number of allylic oxidation sites excluding steroid dienone is 1. The van der Waals surface area contributed by atoms with E-state index in [1.54, 1.807) is 13.0 Å². The molecule has 0 radical (unpaired) electrons. The Kier molecular flexibility index (Phi) is 2.68. The molecule has 2 nitrogen and oxygen atoms in total. The van der Waals surface area contributed by atoms with Gasteiger partial charge < -0.3 is 4.74 Å². The molecule has 0 aliphatic carbocycles. The van der Waals surface area contributed by atoms with E-state index in [4.69, 9.17) is 4.74 Å². The van der Waals surface area contributed by atoms with Crippen molar-refractivity contribution in [1.82, 2.24) is 0 Å². The maximum absolute atomic E-state index is 10.8. The maximum Gasteiger partial charge on any atom is 0.152 e. The van der Waals surface area contributed by atoms with Gasteiger partial charge in [0, 0.05) is 0 Å². The van der Waals surface area contributed by atoms with E-state index in [1.807, 2.05) is 0 Å². The van der Waals surface area contributed by atoms with E-state index in [1.165, 1.54) is 5.57 Å². The molecule has 0 saturated carbocycles. The van der Waals surface area contributed by atoms with Crippen LogP contribution in [0.4, 0.5) is 0 Å². The number of carbonyl (C=O) groups excluding carboxylic acids is 1. The fraction of sp³-hybridized carbons (Fsp3) is 0.700. The highest BCUT2D eigenvalue weighted by Gasteiger charge is 2.24. The summed E-state index contributed by atoms with van der Waals surface area (Å²) in [4.78, 5) is 10.8. The summed E-state index contributed by atoms with van der Waals surface area (Å²) in [5.41, 5.74) is 1.14. The summed E-state index contributed by atoms with van der Waals surface area (Å²) in [5.74, 6) is 0.141. The van der Waals surface area contributed by atoms with Crippen LogP contribution in [0.25, 0.3) is 0 Å². The average Bonchev–Trinajstić information content (AvgIpc) is 1.82. The zero-order valence-electron chi connectivity index (χ0n) is 8.02. The van der Waals surface area contributed by atoms with Crippen molar-refractivity contribution in [3.05, 3.63) is 11.6 Å². The Hall–Kier alpha value is -0.630. The Morgan fingerprint density at radius 1 is 1.58 bits per heavy atom. The lowest BCUT2D eigenvalue weighted by atomic mass is 9.93. The van der Waals surface area contributed by atoms with Gasteiger partial charge in [-0.3, -0.25) is 4.79 Å². The van der Waals surface area contributed by atoms with Crippen molar-refractivity contribution in [3.8, 4) is 0 Å². The van der Waals surface area contributed by atoms with Crippen LogP contribution in [-0.4, -0.2) is 18.0 Å². The summed E-state index contributed by atoms with van der Waals surface area (Å²) < 4.78 is 5.52. The summed E-state index contributed by atoms with van der Waals surface area (Å²) in [5, 5.41) is 0. The topological polar surface area (TPSA) is 26.3 Å². The Bertz CT molecular complexity index is 214. The average molecular weight is 168 g/mol. The molecular formula is C10H16O2. The van der Waals surface area contributed by atoms with E-state index in [0.29, 0.717) is 0 Å². The number of hydrogen-bond donors (Lipinski definition) is 0. The van der Waals surface area contributed by atoms with E-state index >= 15 is 0 Å².